The molecule has 0 aliphatic rings. The average molecular weight is 303 g/mol. The molecule has 4 nitrogen and oxygen atoms in total. The Labute approximate surface area is 119 Å². The summed E-state index contributed by atoms with van der Waals surface area (Å²) in [5, 5.41) is 11.3. The number of thioether (sulfide) groups is 1. The van der Waals surface area contributed by atoms with Crippen molar-refractivity contribution in [2.75, 3.05) is 11.5 Å². The van der Waals surface area contributed by atoms with Crippen molar-refractivity contribution in [3.8, 4) is 0 Å². The molecule has 7 heteroatoms. The Hall–Kier alpha value is -1.63. The summed E-state index contributed by atoms with van der Waals surface area (Å²) >= 11 is 1.56. The van der Waals surface area contributed by atoms with Crippen LogP contribution in [0.5, 0.6) is 0 Å². The van der Waals surface area contributed by atoms with Crippen molar-refractivity contribution in [3.05, 3.63) is 35.4 Å². The highest BCUT2D eigenvalue weighted by Crippen LogP contribution is 2.10. The first-order valence-electron chi connectivity index (χ1n) is 6.02. The van der Waals surface area contributed by atoms with Crippen LogP contribution in [0.1, 0.15) is 23.7 Å². The molecule has 0 heterocycles. The first-order valence-corrected chi connectivity index (χ1v) is 7.17. The third kappa shape index (κ3) is 4.80. The molecule has 0 aliphatic heterocycles. The van der Waals surface area contributed by atoms with Crippen LogP contribution in [-0.2, 0) is 4.79 Å². The summed E-state index contributed by atoms with van der Waals surface area (Å²) in [5.41, 5.74) is -0.113. The third-order valence-corrected chi connectivity index (χ3v) is 3.47. The van der Waals surface area contributed by atoms with E-state index >= 15 is 0 Å². The zero-order chi connectivity index (χ0) is 15.1. The van der Waals surface area contributed by atoms with Crippen molar-refractivity contribution >= 4 is 23.6 Å². The first kappa shape index (κ1) is 16.4. The van der Waals surface area contributed by atoms with Gasteiger partial charge in [-0.15, -0.1) is 0 Å². The molecule has 0 aromatic heterocycles. The molecule has 1 atom stereocenters. The van der Waals surface area contributed by atoms with Crippen LogP contribution in [0.2, 0.25) is 0 Å². The molecular formula is C13H15F2NO3S. The molecule has 0 bridgehead atoms. The molecule has 0 fully saturated rings. The largest absolute Gasteiger partial charge is 0.480 e. The van der Waals surface area contributed by atoms with Crippen LogP contribution in [0.3, 0.4) is 0 Å². The van der Waals surface area contributed by atoms with Crippen LogP contribution in [0.15, 0.2) is 18.2 Å². The second-order valence-electron chi connectivity index (χ2n) is 3.98. The van der Waals surface area contributed by atoms with E-state index in [1.165, 1.54) is 0 Å². The van der Waals surface area contributed by atoms with Gasteiger partial charge in [-0.2, -0.15) is 11.8 Å². The predicted octanol–water partition coefficient (Wildman–Crippen LogP) is 2.29. The van der Waals surface area contributed by atoms with Crippen LogP contribution in [0.25, 0.3) is 0 Å². The number of hydrogen-bond donors (Lipinski definition) is 2. The number of carbonyl (C=O) groups is 2. The van der Waals surface area contributed by atoms with Crippen LogP contribution >= 0.6 is 11.8 Å². The van der Waals surface area contributed by atoms with Crippen LogP contribution in [0, 0.1) is 11.6 Å². The lowest BCUT2D eigenvalue weighted by Gasteiger charge is -2.14. The van der Waals surface area contributed by atoms with Gasteiger partial charge in [-0.05, 0) is 36.1 Å². The Bertz CT molecular complexity index is 497. The Morgan fingerprint density at radius 2 is 2.05 bits per heavy atom. The second kappa shape index (κ2) is 7.84. The number of halogens is 2. The third-order valence-electron chi connectivity index (χ3n) is 2.54. The van der Waals surface area contributed by atoms with E-state index in [4.69, 9.17) is 5.11 Å². The van der Waals surface area contributed by atoms with Crippen LogP contribution < -0.4 is 5.32 Å². The van der Waals surface area contributed by atoms with E-state index in [1.807, 2.05) is 6.92 Å². The maximum absolute atomic E-state index is 13.0. The molecule has 1 unspecified atom stereocenters. The topological polar surface area (TPSA) is 66.4 Å². The van der Waals surface area contributed by atoms with E-state index in [1.54, 1.807) is 11.8 Å². The summed E-state index contributed by atoms with van der Waals surface area (Å²) < 4.78 is 25.8. The van der Waals surface area contributed by atoms with Crippen molar-refractivity contribution in [2.45, 2.75) is 19.4 Å². The zero-order valence-electron chi connectivity index (χ0n) is 10.9. The number of rotatable bonds is 7. The summed E-state index contributed by atoms with van der Waals surface area (Å²) in [6.45, 7) is 1.94. The van der Waals surface area contributed by atoms with Crippen molar-refractivity contribution in [1.29, 1.82) is 0 Å². The van der Waals surface area contributed by atoms with Gasteiger partial charge in [-0.1, -0.05) is 6.92 Å². The molecule has 110 valence electrons. The van der Waals surface area contributed by atoms with E-state index in [9.17, 15) is 18.4 Å². The van der Waals surface area contributed by atoms with E-state index in [-0.39, 0.29) is 12.0 Å². The molecule has 20 heavy (non-hydrogen) atoms. The Balaban J connectivity index is 2.69. The molecule has 1 rings (SSSR count). The fourth-order valence-electron chi connectivity index (χ4n) is 1.48. The summed E-state index contributed by atoms with van der Waals surface area (Å²) in [6.07, 6.45) is 0.267. The van der Waals surface area contributed by atoms with E-state index in [0.29, 0.717) is 5.75 Å². The average Bonchev–Trinajstić information content (AvgIpc) is 2.40. The van der Waals surface area contributed by atoms with E-state index < -0.39 is 29.6 Å². The quantitative estimate of drug-likeness (QED) is 0.759. The molecule has 0 saturated heterocycles. The van der Waals surface area contributed by atoms with Crippen molar-refractivity contribution in [3.63, 3.8) is 0 Å². The summed E-state index contributed by atoms with van der Waals surface area (Å²) in [6, 6.07) is 1.62. The van der Waals surface area contributed by atoms with Gasteiger partial charge in [0.1, 0.15) is 6.04 Å². The van der Waals surface area contributed by atoms with Gasteiger partial charge in [0.2, 0.25) is 0 Å². The molecule has 0 spiro atoms. The summed E-state index contributed by atoms with van der Waals surface area (Å²) in [5.74, 6) is -2.66. The number of amides is 1. The number of nitrogens with one attached hydrogen (secondary N) is 1. The Morgan fingerprint density at radius 1 is 1.35 bits per heavy atom. The molecule has 1 aromatic rings. The lowest BCUT2D eigenvalue weighted by molar-refractivity contribution is -0.139. The van der Waals surface area contributed by atoms with Crippen molar-refractivity contribution < 1.29 is 23.5 Å². The van der Waals surface area contributed by atoms with Gasteiger partial charge < -0.3 is 10.4 Å². The molecule has 1 aromatic carbocycles. The predicted molar refractivity (Wildman–Crippen MR) is 72.9 cm³/mol. The van der Waals surface area contributed by atoms with Gasteiger partial charge in [-0.3, -0.25) is 4.79 Å². The standard InChI is InChI=1S/C13H15F2NO3S/c1-2-20-6-5-11(13(18)19)16-12(17)8-3-4-9(14)10(15)7-8/h3-4,7,11H,2,5-6H2,1H3,(H,16,17)(H,18,19). The lowest BCUT2D eigenvalue weighted by atomic mass is 10.1. The minimum atomic E-state index is -1.15. The van der Waals surface area contributed by atoms with Gasteiger partial charge in [0.15, 0.2) is 11.6 Å². The fraction of sp³-hybridized carbons (Fsp3) is 0.385. The summed E-state index contributed by atoms with van der Waals surface area (Å²) in [4.78, 5) is 22.8. The van der Waals surface area contributed by atoms with Crippen LogP contribution in [0.4, 0.5) is 8.78 Å². The number of carboxylic acids is 1. The van der Waals surface area contributed by atoms with E-state index in [2.05, 4.69) is 5.32 Å². The molecule has 0 aliphatic carbocycles. The minimum Gasteiger partial charge on any atom is -0.480 e. The highest BCUT2D eigenvalue weighted by molar-refractivity contribution is 7.99. The number of benzene rings is 1. The Morgan fingerprint density at radius 3 is 2.60 bits per heavy atom. The zero-order valence-corrected chi connectivity index (χ0v) is 11.7. The fourth-order valence-corrected chi connectivity index (χ4v) is 2.17. The van der Waals surface area contributed by atoms with Gasteiger partial charge >= 0.3 is 5.97 Å². The molecule has 2 N–H and O–H groups in total. The van der Waals surface area contributed by atoms with Gasteiger partial charge in [0.05, 0.1) is 0 Å². The molecule has 0 saturated carbocycles. The Kier molecular flexibility index (Phi) is 6.44. The number of aliphatic carboxylic acids is 1. The highest BCUT2D eigenvalue weighted by Gasteiger charge is 2.20. The van der Waals surface area contributed by atoms with Crippen LogP contribution in [-0.4, -0.2) is 34.5 Å². The lowest BCUT2D eigenvalue weighted by Crippen LogP contribution is -2.41. The van der Waals surface area contributed by atoms with Gasteiger partial charge in [0, 0.05) is 5.56 Å². The first-order chi connectivity index (χ1) is 9.45. The SMILES string of the molecule is CCSCCC(NC(=O)c1ccc(F)c(F)c1)C(=O)O. The number of carbonyl (C=O) groups excluding carboxylic acids is 1. The maximum Gasteiger partial charge on any atom is 0.326 e. The molecule has 1 amide bonds. The maximum atomic E-state index is 13.0. The van der Waals surface area contributed by atoms with Gasteiger partial charge in [0.25, 0.3) is 5.91 Å². The molecule has 0 radical (unpaired) electrons. The van der Waals surface area contributed by atoms with Crippen molar-refractivity contribution in [1.82, 2.24) is 5.32 Å². The van der Waals surface area contributed by atoms with Gasteiger partial charge in [-0.25, -0.2) is 13.6 Å². The molecular weight excluding hydrogens is 288 g/mol. The highest BCUT2D eigenvalue weighted by atomic mass is 32.2. The van der Waals surface area contributed by atoms with E-state index in [0.717, 1.165) is 24.0 Å². The number of carboxylic acid groups (broad SMARTS) is 1. The smallest absolute Gasteiger partial charge is 0.326 e. The minimum absolute atomic E-state index is 0.113. The normalized spacial score (nSPS) is 11.9. The number of hydrogen-bond acceptors (Lipinski definition) is 3. The summed E-state index contributed by atoms with van der Waals surface area (Å²) in [7, 11) is 0. The second-order valence-corrected chi connectivity index (χ2v) is 5.37. The monoisotopic (exact) mass is 303 g/mol. The van der Waals surface area contributed by atoms with Crippen molar-refractivity contribution in [2.24, 2.45) is 0 Å².